The number of likely N-dealkylation sites (tertiary alicyclic amines) is 1. The average molecular weight is 444 g/mol. The highest BCUT2D eigenvalue weighted by atomic mass is 16.2. The zero-order chi connectivity index (χ0) is 22.9. The van der Waals surface area contributed by atoms with E-state index in [1.165, 1.54) is 17.7 Å². The van der Waals surface area contributed by atoms with Crippen molar-refractivity contribution >= 4 is 11.6 Å². The van der Waals surface area contributed by atoms with Crippen molar-refractivity contribution in [2.45, 2.75) is 64.6 Å². The zero-order valence-corrected chi connectivity index (χ0v) is 19.8. The molecule has 33 heavy (non-hydrogen) atoms. The third-order valence-electron chi connectivity index (χ3n) is 7.04. The second kappa shape index (κ2) is 9.00. The molecule has 6 heteroatoms. The number of hydrogen-bond donors (Lipinski definition) is 0. The Labute approximate surface area is 196 Å². The van der Waals surface area contributed by atoms with Gasteiger partial charge >= 0.3 is 0 Å². The number of nitrogens with zero attached hydrogens (tertiary/aromatic N) is 5. The summed E-state index contributed by atoms with van der Waals surface area (Å²) in [5, 5.41) is 4.79. The number of rotatable bonds is 5. The van der Waals surface area contributed by atoms with Gasteiger partial charge in [0.1, 0.15) is 6.33 Å². The minimum atomic E-state index is 0.0511. The molecule has 0 saturated carbocycles. The second-order valence-electron chi connectivity index (χ2n) is 9.71. The fourth-order valence-electron chi connectivity index (χ4n) is 5.11. The fourth-order valence-corrected chi connectivity index (χ4v) is 5.11. The predicted octanol–water partition coefficient (Wildman–Crippen LogP) is 5.03. The van der Waals surface area contributed by atoms with Gasteiger partial charge in [0.25, 0.3) is 5.91 Å². The molecule has 2 aliphatic rings. The van der Waals surface area contributed by atoms with Gasteiger partial charge in [0.2, 0.25) is 0 Å². The first-order valence-corrected chi connectivity index (χ1v) is 12.2. The highest BCUT2D eigenvalue weighted by Gasteiger charge is 2.34. The largest absolute Gasteiger partial charge is 0.366 e. The first-order valence-electron chi connectivity index (χ1n) is 12.2. The van der Waals surface area contributed by atoms with E-state index in [2.05, 4.69) is 67.1 Å². The maximum atomic E-state index is 13.4. The number of benzene rings is 2. The summed E-state index contributed by atoms with van der Waals surface area (Å²) in [6, 6.07) is 17.3. The molecule has 0 bridgehead atoms. The van der Waals surface area contributed by atoms with Crippen molar-refractivity contribution in [1.82, 2.24) is 19.7 Å². The lowest BCUT2D eigenvalue weighted by Gasteiger charge is -2.33. The molecular weight excluding hydrogens is 410 g/mol. The van der Waals surface area contributed by atoms with Gasteiger partial charge in [-0.1, -0.05) is 30.3 Å². The van der Waals surface area contributed by atoms with Gasteiger partial charge in [-0.3, -0.25) is 9.48 Å². The SMILES string of the molecule is CC(C)n1cnc([C@@H]2CN(Cc3ccccc3)c3ccc(C(=O)N4CCCC[C@H]4C)cc32)n1. The van der Waals surface area contributed by atoms with Crippen LogP contribution in [-0.2, 0) is 6.54 Å². The van der Waals surface area contributed by atoms with Crippen LogP contribution >= 0.6 is 0 Å². The van der Waals surface area contributed by atoms with Crippen LogP contribution in [0.15, 0.2) is 54.9 Å². The Kier molecular flexibility index (Phi) is 5.92. The third kappa shape index (κ3) is 4.26. The molecule has 2 aromatic carbocycles. The van der Waals surface area contributed by atoms with E-state index in [0.29, 0.717) is 6.04 Å². The van der Waals surface area contributed by atoms with Crippen LogP contribution in [0.1, 0.15) is 79.3 Å². The molecular formula is C27H33N5O. The maximum Gasteiger partial charge on any atom is 0.254 e. The molecule has 0 aliphatic carbocycles. The summed E-state index contributed by atoms with van der Waals surface area (Å²) < 4.78 is 1.92. The van der Waals surface area contributed by atoms with E-state index in [-0.39, 0.29) is 17.9 Å². The van der Waals surface area contributed by atoms with Gasteiger partial charge in [0.15, 0.2) is 5.82 Å². The predicted molar refractivity (Wildman–Crippen MR) is 131 cm³/mol. The summed E-state index contributed by atoms with van der Waals surface area (Å²) in [4.78, 5) is 22.5. The normalized spacial score (nSPS) is 20.4. The molecule has 0 radical (unpaired) electrons. The molecule has 5 rings (SSSR count). The lowest BCUT2D eigenvalue weighted by Crippen LogP contribution is -2.42. The zero-order valence-electron chi connectivity index (χ0n) is 19.8. The van der Waals surface area contributed by atoms with Gasteiger partial charge in [0, 0.05) is 43.0 Å². The molecule has 1 aromatic heterocycles. The third-order valence-corrected chi connectivity index (χ3v) is 7.04. The Hall–Kier alpha value is -3.15. The Bertz CT molecular complexity index is 1120. The second-order valence-corrected chi connectivity index (χ2v) is 9.71. The van der Waals surface area contributed by atoms with Gasteiger partial charge < -0.3 is 9.80 Å². The van der Waals surface area contributed by atoms with Crippen LogP contribution in [0.5, 0.6) is 0 Å². The standard InChI is InChI=1S/C27H33N5O/c1-19(2)32-18-28-26(29-32)24-17-30(16-21-10-5-4-6-11-21)25-13-12-22(15-23(24)25)27(33)31-14-8-7-9-20(31)3/h4-6,10-13,15,18-20,24H,7-9,14,16-17H2,1-3H3/t20-,24-/m1/s1. The average Bonchev–Trinajstić information content (AvgIpc) is 3.45. The summed E-state index contributed by atoms with van der Waals surface area (Å²) >= 11 is 0. The van der Waals surface area contributed by atoms with E-state index in [4.69, 9.17) is 5.10 Å². The van der Waals surface area contributed by atoms with Crippen molar-refractivity contribution < 1.29 is 4.79 Å². The molecule has 1 fully saturated rings. The Morgan fingerprint density at radius 3 is 2.67 bits per heavy atom. The monoisotopic (exact) mass is 443 g/mol. The van der Waals surface area contributed by atoms with Crippen molar-refractivity contribution in [2.75, 3.05) is 18.0 Å². The van der Waals surface area contributed by atoms with Crippen molar-refractivity contribution in [3.8, 4) is 0 Å². The van der Waals surface area contributed by atoms with Crippen LogP contribution in [0.2, 0.25) is 0 Å². The van der Waals surface area contributed by atoms with Gasteiger partial charge in [-0.15, -0.1) is 0 Å². The number of hydrogen-bond acceptors (Lipinski definition) is 4. The smallest absolute Gasteiger partial charge is 0.254 e. The van der Waals surface area contributed by atoms with Crippen molar-refractivity contribution in [3.63, 3.8) is 0 Å². The van der Waals surface area contributed by atoms with Gasteiger partial charge in [-0.25, -0.2) is 4.98 Å². The molecule has 2 aliphatic heterocycles. The molecule has 1 saturated heterocycles. The van der Waals surface area contributed by atoms with E-state index in [0.717, 1.165) is 49.4 Å². The quantitative estimate of drug-likeness (QED) is 0.555. The van der Waals surface area contributed by atoms with Gasteiger partial charge in [-0.05, 0) is 69.4 Å². The summed E-state index contributed by atoms with van der Waals surface area (Å²) in [6.07, 6.45) is 5.20. The molecule has 172 valence electrons. The van der Waals surface area contributed by atoms with E-state index < -0.39 is 0 Å². The van der Waals surface area contributed by atoms with E-state index >= 15 is 0 Å². The molecule has 1 amide bonds. The molecule has 0 N–H and O–H groups in total. The Balaban J connectivity index is 1.50. The summed E-state index contributed by atoms with van der Waals surface area (Å²) in [5.74, 6) is 1.03. The highest BCUT2D eigenvalue weighted by Crippen LogP contribution is 2.40. The number of fused-ring (bicyclic) bond motifs is 1. The van der Waals surface area contributed by atoms with Crippen molar-refractivity contribution in [3.05, 3.63) is 77.4 Å². The van der Waals surface area contributed by atoms with Crippen LogP contribution in [0.4, 0.5) is 5.69 Å². The molecule has 0 unspecified atom stereocenters. The first-order chi connectivity index (χ1) is 16.0. The van der Waals surface area contributed by atoms with Crippen LogP contribution in [0.25, 0.3) is 0 Å². The molecule has 2 atom stereocenters. The molecule has 3 aromatic rings. The first kappa shape index (κ1) is 21.7. The molecule has 0 spiro atoms. The fraction of sp³-hybridized carbons (Fsp3) is 0.444. The number of aromatic nitrogens is 3. The number of amides is 1. The van der Waals surface area contributed by atoms with E-state index in [1.54, 1.807) is 0 Å². The van der Waals surface area contributed by atoms with Crippen molar-refractivity contribution in [1.29, 1.82) is 0 Å². The van der Waals surface area contributed by atoms with E-state index in [9.17, 15) is 4.79 Å². The minimum absolute atomic E-state index is 0.0511. The number of anilines is 1. The van der Waals surface area contributed by atoms with E-state index in [1.807, 2.05) is 28.0 Å². The van der Waals surface area contributed by atoms with Gasteiger partial charge in [-0.2, -0.15) is 5.10 Å². The maximum absolute atomic E-state index is 13.4. The van der Waals surface area contributed by atoms with Gasteiger partial charge in [0.05, 0.1) is 5.92 Å². The van der Waals surface area contributed by atoms with Crippen LogP contribution < -0.4 is 4.90 Å². The number of piperidine rings is 1. The van der Waals surface area contributed by atoms with Crippen LogP contribution in [0, 0.1) is 0 Å². The summed E-state index contributed by atoms with van der Waals surface area (Å²) in [5.41, 5.74) is 4.38. The van der Waals surface area contributed by atoms with Crippen molar-refractivity contribution in [2.24, 2.45) is 0 Å². The topological polar surface area (TPSA) is 54.3 Å². The lowest BCUT2D eigenvalue weighted by molar-refractivity contribution is 0.0635. The summed E-state index contributed by atoms with van der Waals surface area (Å²) in [6.45, 7) is 8.87. The molecule has 3 heterocycles. The lowest BCUT2D eigenvalue weighted by atomic mass is 9.97. The summed E-state index contributed by atoms with van der Waals surface area (Å²) in [7, 11) is 0. The van der Waals surface area contributed by atoms with Crippen LogP contribution in [-0.4, -0.2) is 44.7 Å². The van der Waals surface area contributed by atoms with Crippen LogP contribution in [0.3, 0.4) is 0 Å². The number of carbonyl (C=O) groups excluding carboxylic acids is 1. The highest BCUT2D eigenvalue weighted by molar-refractivity contribution is 5.95. The Morgan fingerprint density at radius 1 is 1.12 bits per heavy atom. The molecule has 6 nitrogen and oxygen atoms in total. The minimum Gasteiger partial charge on any atom is -0.366 e. The Morgan fingerprint density at radius 2 is 1.94 bits per heavy atom. The number of carbonyl (C=O) groups is 1.